The third-order valence-corrected chi connectivity index (χ3v) is 4.11. The van der Waals surface area contributed by atoms with Crippen molar-refractivity contribution in [2.75, 3.05) is 26.0 Å². The molecule has 2 heterocycles. The maximum absolute atomic E-state index is 5.38. The number of hydrogen-bond acceptors (Lipinski definition) is 3. The summed E-state index contributed by atoms with van der Waals surface area (Å²) in [5.41, 5.74) is 0.450. The van der Waals surface area contributed by atoms with E-state index in [-0.39, 0.29) is 12.4 Å². The van der Waals surface area contributed by atoms with Gasteiger partial charge in [-0.1, -0.05) is 0 Å². The molecule has 0 saturated carbocycles. The van der Waals surface area contributed by atoms with Crippen LogP contribution in [0.1, 0.15) is 19.3 Å². The highest BCUT2D eigenvalue weighted by atomic mass is 35.5. The first-order valence-electron chi connectivity index (χ1n) is 4.70. The second-order valence-electron chi connectivity index (χ2n) is 3.84. The molecule has 1 N–H and O–H groups in total. The maximum Gasteiger partial charge on any atom is 0.0483 e. The standard InChI is InChI=1S/C9H17NOS.ClH/c1-12-8-6-9(10-7-8)2-4-11-5-3-9;/h8,10H,2-7H2,1H3;1H. The van der Waals surface area contributed by atoms with Crippen LogP contribution >= 0.6 is 24.2 Å². The Labute approximate surface area is 90.6 Å². The molecule has 0 aromatic rings. The first-order chi connectivity index (χ1) is 5.85. The minimum Gasteiger partial charge on any atom is -0.381 e. The molecule has 0 aromatic carbocycles. The molecule has 2 nitrogen and oxygen atoms in total. The van der Waals surface area contributed by atoms with Crippen molar-refractivity contribution in [2.45, 2.75) is 30.1 Å². The van der Waals surface area contributed by atoms with E-state index in [0.717, 1.165) is 18.5 Å². The van der Waals surface area contributed by atoms with E-state index in [1.54, 1.807) is 0 Å². The van der Waals surface area contributed by atoms with Gasteiger partial charge in [0, 0.05) is 30.5 Å². The van der Waals surface area contributed by atoms with Crippen LogP contribution in [0.15, 0.2) is 0 Å². The fraction of sp³-hybridized carbons (Fsp3) is 1.00. The van der Waals surface area contributed by atoms with Gasteiger partial charge in [0.15, 0.2) is 0 Å². The summed E-state index contributed by atoms with van der Waals surface area (Å²) in [7, 11) is 0. The van der Waals surface area contributed by atoms with Crippen LogP contribution in [0.25, 0.3) is 0 Å². The van der Waals surface area contributed by atoms with Gasteiger partial charge in [0.25, 0.3) is 0 Å². The number of nitrogens with one attached hydrogen (secondary N) is 1. The van der Waals surface area contributed by atoms with Crippen LogP contribution in [0.2, 0.25) is 0 Å². The fourth-order valence-electron chi connectivity index (χ4n) is 2.22. The predicted octanol–water partition coefficient (Wildman–Crippen LogP) is 1.68. The van der Waals surface area contributed by atoms with Crippen molar-refractivity contribution in [3.63, 3.8) is 0 Å². The Morgan fingerprint density at radius 2 is 2.08 bits per heavy atom. The van der Waals surface area contributed by atoms with E-state index in [4.69, 9.17) is 4.74 Å². The fourth-order valence-corrected chi connectivity index (χ4v) is 2.96. The van der Waals surface area contributed by atoms with E-state index in [9.17, 15) is 0 Å². The van der Waals surface area contributed by atoms with Crippen LogP contribution in [0.4, 0.5) is 0 Å². The van der Waals surface area contributed by atoms with Gasteiger partial charge in [0.1, 0.15) is 0 Å². The van der Waals surface area contributed by atoms with E-state index < -0.39 is 0 Å². The zero-order valence-corrected chi connectivity index (χ0v) is 9.68. The van der Waals surface area contributed by atoms with E-state index in [0.29, 0.717) is 5.54 Å². The second-order valence-corrected chi connectivity index (χ2v) is 4.97. The molecule has 1 unspecified atom stereocenters. The minimum absolute atomic E-state index is 0. The van der Waals surface area contributed by atoms with Gasteiger partial charge in [-0.25, -0.2) is 0 Å². The predicted molar refractivity (Wildman–Crippen MR) is 60.0 cm³/mol. The SMILES string of the molecule is CSC1CNC2(CCOCC2)C1.Cl. The lowest BCUT2D eigenvalue weighted by Gasteiger charge is -2.33. The molecular weight excluding hydrogens is 206 g/mol. The molecule has 0 radical (unpaired) electrons. The average molecular weight is 224 g/mol. The first-order valence-corrected chi connectivity index (χ1v) is 5.99. The molecule has 13 heavy (non-hydrogen) atoms. The lowest BCUT2D eigenvalue weighted by molar-refractivity contribution is 0.0459. The number of thioether (sulfide) groups is 1. The number of rotatable bonds is 1. The zero-order chi connectivity index (χ0) is 8.44. The molecule has 2 saturated heterocycles. The van der Waals surface area contributed by atoms with Crippen LogP contribution in [-0.4, -0.2) is 36.8 Å². The van der Waals surface area contributed by atoms with Gasteiger partial charge < -0.3 is 10.1 Å². The molecule has 1 spiro atoms. The molecule has 2 aliphatic rings. The van der Waals surface area contributed by atoms with Gasteiger partial charge in [0.05, 0.1) is 0 Å². The van der Waals surface area contributed by atoms with Crippen LogP contribution < -0.4 is 5.32 Å². The van der Waals surface area contributed by atoms with Crippen molar-refractivity contribution in [3.8, 4) is 0 Å². The summed E-state index contributed by atoms with van der Waals surface area (Å²) >= 11 is 2.00. The third-order valence-electron chi connectivity index (χ3n) is 3.11. The largest absolute Gasteiger partial charge is 0.381 e. The van der Waals surface area contributed by atoms with Crippen LogP contribution in [-0.2, 0) is 4.74 Å². The highest BCUT2D eigenvalue weighted by molar-refractivity contribution is 7.99. The molecule has 0 bridgehead atoms. The van der Waals surface area contributed by atoms with Crippen molar-refractivity contribution in [3.05, 3.63) is 0 Å². The molecule has 4 heteroatoms. The van der Waals surface area contributed by atoms with Crippen LogP contribution in [0, 0.1) is 0 Å². The van der Waals surface area contributed by atoms with E-state index in [1.807, 2.05) is 11.8 Å². The maximum atomic E-state index is 5.38. The van der Waals surface area contributed by atoms with Gasteiger partial charge in [-0.05, 0) is 25.5 Å². The van der Waals surface area contributed by atoms with Crippen molar-refractivity contribution in [1.82, 2.24) is 5.32 Å². The molecule has 0 aromatic heterocycles. The lowest BCUT2D eigenvalue weighted by atomic mass is 9.89. The summed E-state index contributed by atoms with van der Waals surface area (Å²) in [4.78, 5) is 0. The van der Waals surface area contributed by atoms with E-state index >= 15 is 0 Å². The summed E-state index contributed by atoms with van der Waals surface area (Å²) < 4.78 is 5.38. The Hall–Kier alpha value is 0.560. The number of ether oxygens (including phenoxy) is 1. The molecule has 0 aliphatic carbocycles. The van der Waals surface area contributed by atoms with Crippen molar-refractivity contribution in [1.29, 1.82) is 0 Å². The number of halogens is 1. The molecule has 2 aliphatic heterocycles. The zero-order valence-electron chi connectivity index (χ0n) is 8.04. The highest BCUT2D eigenvalue weighted by Gasteiger charge is 2.39. The van der Waals surface area contributed by atoms with Crippen molar-refractivity contribution >= 4 is 24.2 Å². The van der Waals surface area contributed by atoms with Gasteiger partial charge in [-0.3, -0.25) is 0 Å². The topological polar surface area (TPSA) is 21.3 Å². The monoisotopic (exact) mass is 223 g/mol. The Balaban J connectivity index is 0.000000845. The van der Waals surface area contributed by atoms with Crippen molar-refractivity contribution in [2.24, 2.45) is 0 Å². The summed E-state index contributed by atoms with van der Waals surface area (Å²) in [6.45, 7) is 3.10. The molecule has 1 atom stereocenters. The van der Waals surface area contributed by atoms with Gasteiger partial charge in [0.2, 0.25) is 0 Å². The summed E-state index contributed by atoms with van der Waals surface area (Å²) in [5.74, 6) is 0. The minimum atomic E-state index is 0. The van der Waals surface area contributed by atoms with Gasteiger partial charge in [-0.15, -0.1) is 12.4 Å². The Bertz CT molecular complexity index is 162. The summed E-state index contributed by atoms with van der Waals surface area (Å²) in [6.07, 6.45) is 5.98. The highest BCUT2D eigenvalue weighted by Crippen LogP contribution is 2.33. The van der Waals surface area contributed by atoms with E-state index in [2.05, 4.69) is 11.6 Å². The molecule has 2 rings (SSSR count). The van der Waals surface area contributed by atoms with Crippen LogP contribution in [0.5, 0.6) is 0 Å². The van der Waals surface area contributed by atoms with Gasteiger partial charge >= 0.3 is 0 Å². The first kappa shape index (κ1) is 11.6. The molecular formula is C9H18ClNOS. The Morgan fingerprint density at radius 3 is 2.62 bits per heavy atom. The quantitative estimate of drug-likeness (QED) is 0.731. The lowest BCUT2D eigenvalue weighted by Crippen LogP contribution is -2.44. The third kappa shape index (κ3) is 2.52. The smallest absolute Gasteiger partial charge is 0.0483 e. The number of hydrogen-bond donors (Lipinski definition) is 1. The van der Waals surface area contributed by atoms with Crippen LogP contribution in [0.3, 0.4) is 0 Å². The van der Waals surface area contributed by atoms with E-state index in [1.165, 1.54) is 25.8 Å². The molecule has 0 amide bonds. The summed E-state index contributed by atoms with van der Waals surface area (Å²) in [6, 6.07) is 0. The second kappa shape index (κ2) is 4.87. The summed E-state index contributed by atoms with van der Waals surface area (Å²) in [5, 5.41) is 4.51. The van der Waals surface area contributed by atoms with Crippen molar-refractivity contribution < 1.29 is 4.74 Å². The molecule has 2 fully saturated rings. The average Bonchev–Trinajstić information content (AvgIpc) is 2.50. The normalized spacial score (nSPS) is 31.6. The molecule has 78 valence electrons. The Kier molecular flexibility index (Phi) is 4.36. The van der Waals surface area contributed by atoms with Gasteiger partial charge in [-0.2, -0.15) is 11.8 Å². The Morgan fingerprint density at radius 1 is 1.38 bits per heavy atom.